The molecule has 6 aromatic rings. The molecule has 0 unspecified atom stereocenters. The molecule has 0 atom stereocenters. The lowest BCUT2D eigenvalue weighted by atomic mass is 10.0. The highest BCUT2D eigenvalue weighted by atomic mass is 79.9. The Morgan fingerprint density at radius 1 is 0.581 bits per heavy atom. The molecular weight excluding hydrogens is 466 g/mol. The lowest BCUT2D eigenvalue weighted by molar-refractivity contribution is 1.19. The minimum atomic E-state index is 0.751. The monoisotopic (exact) mass is 481 g/mol. The lowest BCUT2D eigenvalue weighted by Gasteiger charge is -2.10. The number of para-hydroxylation sites is 1. The Morgan fingerprint density at radius 2 is 1.26 bits per heavy atom. The van der Waals surface area contributed by atoms with Crippen LogP contribution in [0.25, 0.3) is 49.4 Å². The SMILES string of the molecule is Clc1ccc(-c2ccc3c(c2)c2cc(Br)c4ccccc4c2n3-c2ccccc2)cc1. The smallest absolute Gasteiger partial charge is 0.0620 e. The van der Waals surface area contributed by atoms with Crippen LogP contribution >= 0.6 is 27.5 Å². The second-order valence-corrected chi connectivity index (χ2v) is 9.00. The summed E-state index contributed by atoms with van der Waals surface area (Å²) >= 11 is 9.92. The fourth-order valence-corrected chi connectivity index (χ4v) is 5.20. The normalized spacial score (nSPS) is 11.5. The summed E-state index contributed by atoms with van der Waals surface area (Å²) in [6.07, 6.45) is 0. The number of nitrogens with zero attached hydrogens (tertiary/aromatic N) is 1. The molecule has 0 radical (unpaired) electrons. The highest BCUT2D eigenvalue weighted by molar-refractivity contribution is 9.10. The molecule has 0 spiro atoms. The third-order valence-corrected chi connectivity index (χ3v) is 6.82. The van der Waals surface area contributed by atoms with Gasteiger partial charge in [0.2, 0.25) is 0 Å². The average molecular weight is 483 g/mol. The molecule has 0 saturated carbocycles. The van der Waals surface area contributed by atoms with Crippen LogP contribution in [0.15, 0.2) is 108 Å². The third-order valence-electron chi connectivity index (χ3n) is 5.91. The largest absolute Gasteiger partial charge is 0.309 e. The molecule has 6 rings (SSSR count). The third kappa shape index (κ3) is 2.98. The Hall–Kier alpha value is -3.07. The predicted molar refractivity (Wildman–Crippen MR) is 136 cm³/mol. The van der Waals surface area contributed by atoms with Gasteiger partial charge in [-0.25, -0.2) is 0 Å². The van der Waals surface area contributed by atoms with E-state index in [9.17, 15) is 0 Å². The van der Waals surface area contributed by atoms with Crippen molar-refractivity contribution < 1.29 is 0 Å². The van der Waals surface area contributed by atoms with Gasteiger partial charge in [-0.05, 0) is 59.0 Å². The molecule has 0 saturated heterocycles. The Morgan fingerprint density at radius 3 is 2.03 bits per heavy atom. The van der Waals surface area contributed by atoms with Gasteiger partial charge in [0.15, 0.2) is 0 Å². The Balaban J connectivity index is 1.77. The molecule has 3 heteroatoms. The number of aromatic nitrogens is 1. The summed E-state index contributed by atoms with van der Waals surface area (Å²) in [7, 11) is 0. The van der Waals surface area contributed by atoms with Crippen molar-refractivity contribution >= 4 is 60.1 Å². The van der Waals surface area contributed by atoms with Gasteiger partial charge < -0.3 is 4.57 Å². The van der Waals surface area contributed by atoms with Gasteiger partial charge in [-0.2, -0.15) is 0 Å². The van der Waals surface area contributed by atoms with E-state index in [-0.39, 0.29) is 0 Å². The van der Waals surface area contributed by atoms with Crippen molar-refractivity contribution in [2.75, 3.05) is 0 Å². The molecule has 0 aliphatic heterocycles. The molecule has 0 N–H and O–H groups in total. The van der Waals surface area contributed by atoms with Crippen molar-refractivity contribution in [3.05, 3.63) is 113 Å². The van der Waals surface area contributed by atoms with Crippen LogP contribution in [0.1, 0.15) is 0 Å². The summed E-state index contributed by atoms with van der Waals surface area (Å²) in [6, 6.07) is 36.2. The second kappa shape index (κ2) is 7.26. The van der Waals surface area contributed by atoms with Crippen LogP contribution in [0.4, 0.5) is 0 Å². The van der Waals surface area contributed by atoms with Crippen molar-refractivity contribution in [3.8, 4) is 16.8 Å². The first-order valence-electron chi connectivity index (χ1n) is 10.2. The Kier molecular flexibility index (Phi) is 4.38. The summed E-state index contributed by atoms with van der Waals surface area (Å²) in [4.78, 5) is 0. The van der Waals surface area contributed by atoms with Gasteiger partial charge in [-0.15, -0.1) is 0 Å². The van der Waals surface area contributed by atoms with Gasteiger partial charge in [-0.3, -0.25) is 0 Å². The molecule has 1 heterocycles. The van der Waals surface area contributed by atoms with E-state index < -0.39 is 0 Å². The molecular formula is C28H17BrClN. The van der Waals surface area contributed by atoms with Gasteiger partial charge in [0.1, 0.15) is 0 Å². The van der Waals surface area contributed by atoms with Gasteiger partial charge >= 0.3 is 0 Å². The van der Waals surface area contributed by atoms with Crippen molar-refractivity contribution in [1.29, 1.82) is 0 Å². The number of hydrogen-bond donors (Lipinski definition) is 0. The zero-order chi connectivity index (χ0) is 20.9. The van der Waals surface area contributed by atoms with E-state index in [1.807, 2.05) is 12.1 Å². The zero-order valence-electron chi connectivity index (χ0n) is 16.5. The maximum Gasteiger partial charge on any atom is 0.0620 e. The minimum Gasteiger partial charge on any atom is -0.309 e. The summed E-state index contributed by atoms with van der Waals surface area (Å²) in [5.74, 6) is 0. The van der Waals surface area contributed by atoms with Crippen molar-refractivity contribution in [2.24, 2.45) is 0 Å². The van der Waals surface area contributed by atoms with Crippen LogP contribution in [0.3, 0.4) is 0 Å². The molecule has 1 aromatic heterocycles. The van der Waals surface area contributed by atoms with Crippen LogP contribution in [0, 0.1) is 0 Å². The molecule has 148 valence electrons. The van der Waals surface area contributed by atoms with E-state index in [0.717, 1.165) is 20.7 Å². The van der Waals surface area contributed by atoms with Crippen molar-refractivity contribution in [1.82, 2.24) is 4.57 Å². The van der Waals surface area contributed by atoms with Crippen LogP contribution in [0.2, 0.25) is 5.02 Å². The quantitative estimate of drug-likeness (QED) is 0.232. The molecule has 0 fully saturated rings. The van der Waals surface area contributed by atoms with Crippen LogP contribution in [-0.2, 0) is 0 Å². The van der Waals surface area contributed by atoms with Crippen LogP contribution in [0.5, 0.6) is 0 Å². The van der Waals surface area contributed by atoms with E-state index in [0.29, 0.717) is 0 Å². The van der Waals surface area contributed by atoms with Gasteiger partial charge in [0.25, 0.3) is 0 Å². The maximum atomic E-state index is 6.11. The minimum absolute atomic E-state index is 0.751. The Labute approximate surface area is 193 Å². The first kappa shape index (κ1) is 18.7. The highest BCUT2D eigenvalue weighted by Crippen LogP contribution is 2.41. The number of rotatable bonds is 2. The van der Waals surface area contributed by atoms with Crippen LogP contribution < -0.4 is 0 Å². The number of benzene rings is 5. The van der Waals surface area contributed by atoms with Crippen molar-refractivity contribution in [2.45, 2.75) is 0 Å². The van der Waals surface area contributed by atoms with E-state index in [1.165, 1.54) is 38.1 Å². The van der Waals surface area contributed by atoms with Gasteiger partial charge in [-0.1, -0.05) is 88.2 Å². The fraction of sp³-hybridized carbons (Fsp3) is 0. The first-order chi connectivity index (χ1) is 15.2. The van der Waals surface area contributed by atoms with E-state index in [2.05, 4.69) is 111 Å². The summed E-state index contributed by atoms with van der Waals surface area (Å²) in [5.41, 5.74) is 5.93. The summed E-state index contributed by atoms with van der Waals surface area (Å²) < 4.78 is 3.49. The average Bonchev–Trinajstić information content (AvgIpc) is 3.14. The fourth-order valence-electron chi connectivity index (χ4n) is 4.50. The number of fused-ring (bicyclic) bond motifs is 5. The van der Waals surface area contributed by atoms with Crippen LogP contribution in [-0.4, -0.2) is 4.57 Å². The topological polar surface area (TPSA) is 4.93 Å². The predicted octanol–water partition coefficient (Wildman–Crippen LogP) is 9.02. The van der Waals surface area contributed by atoms with E-state index >= 15 is 0 Å². The van der Waals surface area contributed by atoms with Crippen molar-refractivity contribution in [3.63, 3.8) is 0 Å². The van der Waals surface area contributed by atoms with E-state index in [1.54, 1.807) is 0 Å². The second-order valence-electron chi connectivity index (χ2n) is 7.71. The highest BCUT2D eigenvalue weighted by Gasteiger charge is 2.17. The standard InChI is InChI=1S/C28H17BrClN/c29-26-17-25-24-16-19(18-10-13-20(30)14-11-18)12-15-27(24)31(21-6-2-1-3-7-21)28(25)23-9-5-4-8-22(23)26/h1-17H. The molecule has 5 aromatic carbocycles. The van der Waals surface area contributed by atoms with Gasteiger partial charge in [0, 0.05) is 31.3 Å². The number of hydrogen-bond acceptors (Lipinski definition) is 0. The summed E-state index contributed by atoms with van der Waals surface area (Å²) in [5, 5.41) is 5.67. The molecule has 31 heavy (non-hydrogen) atoms. The van der Waals surface area contributed by atoms with E-state index in [4.69, 9.17) is 11.6 Å². The molecule has 0 aliphatic rings. The van der Waals surface area contributed by atoms with Gasteiger partial charge in [0.05, 0.1) is 11.0 Å². The summed E-state index contributed by atoms with van der Waals surface area (Å²) in [6.45, 7) is 0. The molecule has 0 bridgehead atoms. The molecule has 0 aliphatic carbocycles. The zero-order valence-corrected chi connectivity index (χ0v) is 18.9. The molecule has 0 amide bonds. The number of halogens is 2. The Bertz CT molecular complexity index is 1580. The molecule has 1 nitrogen and oxygen atoms in total. The lowest BCUT2D eigenvalue weighted by Crippen LogP contribution is -1.94. The maximum absolute atomic E-state index is 6.11. The first-order valence-corrected chi connectivity index (χ1v) is 11.3.